The van der Waals surface area contributed by atoms with Gasteiger partial charge in [0.2, 0.25) is 0 Å². The molecular weight excluding hydrogens is 132 g/mol. The van der Waals surface area contributed by atoms with Crippen LogP contribution >= 0.6 is 0 Å². The molecule has 0 bridgehead atoms. The molecule has 0 aromatic heterocycles. The largest absolute Gasteiger partial charge is 0.0655 e. The Balaban J connectivity index is 2.45. The van der Waals surface area contributed by atoms with Crippen LogP contribution in [0.5, 0.6) is 0 Å². The van der Waals surface area contributed by atoms with E-state index in [-0.39, 0.29) is 0 Å². The van der Waals surface area contributed by atoms with Crippen molar-refractivity contribution < 1.29 is 0 Å². The zero-order chi connectivity index (χ0) is 5.54. The van der Waals surface area contributed by atoms with Gasteiger partial charge in [0.15, 0.2) is 0 Å². The van der Waals surface area contributed by atoms with Crippen molar-refractivity contribution in [3.63, 3.8) is 0 Å². The van der Waals surface area contributed by atoms with Gasteiger partial charge in [-0.25, -0.2) is 0 Å². The number of hydrogen-bond donors (Lipinski definition) is 0. The zero-order valence-electron chi connectivity index (χ0n) is 5.54. The molecular formula is C4H16Si3. The van der Waals surface area contributed by atoms with Gasteiger partial charge in [-0.15, -0.1) is 0 Å². The van der Waals surface area contributed by atoms with E-state index in [0.29, 0.717) is 17.6 Å². The Bertz CT molecular complexity index is 26.1. The Hall–Kier alpha value is 0.651. The second-order valence-electron chi connectivity index (χ2n) is 2.06. The highest BCUT2D eigenvalue weighted by Gasteiger charge is 1.81. The summed E-state index contributed by atoms with van der Waals surface area (Å²) in [6, 6.07) is 1.67. The van der Waals surface area contributed by atoms with E-state index in [1.165, 1.54) is 6.42 Å². The van der Waals surface area contributed by atoms with E-state index in [4.69, 9.17) is 0 Å². The Morgan fingerprint density at radius 1 is 1.57 bits per heavy atom. The fourth-order valence-electron chi connectivity index (χ4n) is 0.677. The normalized spacial score (nSPS) is 13.3. The van der Waals surface area contributed by atoms with Crippen molar-refractivity contribution >= 4 is 27.4 Å². The van der Waals surface area contributed by atoms with Gasteiger partial charge in [0.25, 0.3) is 0 Å². The smallest absolute Gasteiger partial charge is 0.00460 e. The van der Waals surface area contributed by atoms with Crippen LogP contribution in [0.25, 0.3) is 0 Å². The van der Waals surface area contributed by atoms with E-state index in [9.17, 15) is 0 Å². The lowest BCUT2D eigenvalue weighted by Crippen LogP contribution is -2.00. The minimum absolute atomic E-state index is 0.611. The van der Waals surface area contributed by atoms with Crippen LogP contribution in [0.15, 0.2) is 0 Å². The molecule has 0 aliphatic heterocycles. The summed E-state index contributed by atoms with van der Waals surface area (Å²) in [6.45, 7) is 2.29. The van der Waals surface area contributed by atoms with Gasteiger partial charge in [-0.2, -0.15) is 0 Å². The molecule has 7 heavy (non-hydrogen) atoms. The maximum Gasteiger partial charge on any atom is 0.00460 e. The molecule has 0 saturated heterocycles. The van der Waals surface area contributed by atoms with Gasteiger partial charge in [-0.05, 0) is 18.3 Å². The molecule has 0 N–H and O–H groups in total. The molecule has 0 nitrogen and oxygen atoms in total. The molecule has 3 heteroatoms. The molecule has 0 aromatic carbocycles. The second kappa shape index (κ2) is 6.65. The summed E-state index contributed by atoms with van der Waals surface area (Å²) in [7, 11) is 2.89. The Morgan fingerprint density at radius 3 is 2.71 bits per heavy atom. The highest BCUT2D eigenvalue weighted by molar-refractivity contribution is 7.23. The van der Waals surface area contributed by atoms with Crippen LogP contribution in [0, 0.1) is 0 Å². The van der Waals surface area contributed by atoms with Crippen molar-refractivity contribution in [2.75, 3.05) is 0 Å². The first-order chi connectivity index (χ1) is 3.41. The molecule has 0 aliphatic rings. The quantitative estimate of drug-likeness (QED) is 0.345. The number of hydrogen-bond acceptors (Lipinski definition) is 0. The minimum Gasteiger partial charge on any atom is -0.0655 e. The van der Waals surface area contributed by atoms with E-state index in [1.807, 2.05) is 0 Å². The SMILES string of the molecule is CCCC[SiH2][SiH2][SiH3]. The van der Waals surface area contributed by atoms with Gasteiger partial charge in [0, 0.05) is 9.04 Å². The summed E-state index contributed by atoms with van der Waals surface area (Å²) in [5.41, 5.74) is 0. The van der Waals surface area contributed by atoms with Crippen LogP contribution in [-0.4, -0.2) is 27.4 Å². The van der Waals surface area contributed by atoms with Crippen molar-refractivity contribution in [2.24, 2.45) is 0 Å². The molecule has 0 saturated carbocycles. The molecule has 0 atom stereocenters. The third kappa shape index (κ3) is 6.65. The minimum atomic E-state index is 0.611. The average molecular weight is 148 g/mol. The Kier molecular flexibility index (Phi) is 7.27. The second-order valence-corrected chi connectivity index (χ2v) is 18.6. The van der Waals surface area contributed by atoms with Crippen molar-refractivity contribution in [3.05, 3.63) is 0 Å². The number of rotatable bonds is 4. The van der Waals surface area contributed by atoms with Crippen molar-refractivity contribution in [1.29, 1.82) is 0 Å². The van der Waals surface area contributed by atoms with E-state index in [1.54, 1.807) is 22.2 Å². The van der Waals surface area contributed by atoms with Gasteiger partial charge in [0.05, 0.1) is 0 Å². The van der Waals surface area contributed by atoms with Gasteiger partial charge >= 0.3 is 0 Å². The summed E-state index contributed by atoms with van der Waals surface area (Å²) in [5.74, 6) is 0. The molecule has 0 rings (SSSR count). The fraction of sp³-hybridized carbons (Fsp3) is 1.00. The first-order valence-corrected chi connectivity index (χ1v) is 14.1. The van der Waals surface area contributed by atoms with E-state index >= 15 is 0 Å². The van der Waals surface area contributed by atoms with Crippen LogP contribution in [-0.2, 0) is 0 Å². The standard InChI is InChI=1S/C4H16Si3/c1-2-3-4-6-7-5/h2-4,6-7H2,1,5H3. The van der Waals surface area contributed by atoms with Crippen LogP contribution in [0.1, 0.15) is 19.8 Å². The lowest BCUT2D eigenvalue weighted by Gasteiger charge is -1.89. The van der Waals surface area contributed by atoms with Crippen LogP contribution in [0.2, 0.25) is 6.04 Å². The predicted molar refractivity (Wildman–Crippen MR) is 46.7 cm³/mol. The van der Waals surface area contributed by atoms with Gasteiger partial charge in [-0.3, -0.25) is 0 Å². The van der Waals surface area contributed by atoms with Crippen LogP contribution < -0.4 is 0 Å². The van der Waals surface area contributed by atoms with Crippen molar-refractivity contribution in [1.82, 2.24) is 0 Å². The predicted octanol–water partition coefficient (Wildman–Crippen LogP) is -1.26. The van der Waals surface area contributed by atoms with Gasteiger partial charge in [0.1, 0.15) is 0 Å². The lowest BCUT2D eigenvalue weighted by atomic mass is 10.4. The first kappa shape index (κ1) is 7.65. The summed E-state index contributed by atoms with van der Waals surface area (Å²) < 4.78 is 0. The maximum atomic E-state index is 2.29. The van der Waals surface area contributed by atoms with Crippen LogP contribution in [0.3, 0.4) is 0 Å². The summed E-state index contributed by atoms with van der Waals surface area (Å²) >= 11 is 0. The Morgan fingerprint density at radius 2 is 2.29 bits per heavy atom. The first-order valence-electron chi connectivity index (χ1n) is 3.41. The van der Waals surface area contributed by atoms with Crippen molar-refractivity contribution in [2.45, 2.75) is 25.8 Å². The van der Waals surface area contributed by atoms with E-state index < -0.39 is 0 Å². The lowest BCUT2D eigenvalue weighted by molar-refractivity contribution is 0.882. The third-order valence-electron chi connectivity index (χ3n) is 1.21. The van der Waals surface area contributed by atoms with E-state index in [2.05, 4.69) is 6.92 Å². The molecule has 0 spiro atoms. The fourth-order valence-corrected chi connectivity index (χ4v) is 9.09. The molecule has 0 fully saturated rings. The van der Waals surface area contributed by atoms with Crippen molar-refractivity contribution in [3.8, 4) is 0 Å². The Labute approximate surface area is 53.7 Å². The topological polar surface area (TPSA) is 0 Å². The van der Waals surface area contributed by atoms with Gasteiger partial charge < -0.3 is 0 Å². The molecule has 0 radical (unpaired) electrons. The van der Waals surface area contributed by atoms with Crippen LogP contribution in [0.4, 0.5) is 0 Å². The highest BCUT2D eigenvalue weighted by atomic mass is 29.5. The third-order valence-corrected chi connectivity index (χ3v) is 12.9. The van der Waals surface area contributed by atoms with E-state index in [0.717, 1.165) is 0 Å². The zero-order valence-corrected chi connectivity index (χ0v) is 10.4. The molecule has 44 valence electrons. The highest BCUT2D eigenvalue weighted by Crippen LogP contribution is 1.90. The maximum absolute atomic E-state index is 2.29. The summed E-state index contributed by atoms with van der Waals surface area (Å²) in [5, 5.41) is 0. The molecule has 0 aromatic rings. The van der Waals surface area contributed by atoms with Gasteiger partial charge in [-0.1, -0.05) is 25.8 Å². The molecule has 0 unspecified atom stereocenters. The average Bonchev–Trinajstić information content (AvgIpc) is 1.69. The monoisotopic (exact) mass is 148 g/mol. The number of unbranched alkanes of at least 4 members (excludes halogenated alkanes) is 1. The molecule has 0 aliphatic carbocycles. The molecule has 0 amide bonds. The summed E-state index contributed by atoms with van der Waals surface area (Å²) in [6.07, 6.45) is 2.98. The summed E-state index contributed by atoms with van der Waals surface area (Å²) in [4.78, 5) is 0. The molecule has 0 heterocycles.